The lowest BCUT2D eigenvalue weighted by Crippen LogP contribution is -2.22. The summed E-state index contributed by atoms with van der Waals surface area (Å²) >= 11 is 0. The summed E-state index contributed by atoms with van der Waals surface area (Å²) in [5.74, 6) is 1.18. The highest BCUT2D eigenvalue weighted by Gasteiger charge is 2.14. The summed E-state index contributed by atoms with van der Waals surface area (Å²) in [6, 6.07) is 18.1. The number of fused-ring (bicyclic) bond motifs is 1. The lowest BCUT2D eigenvalue weighted by atomic mass is 10.0. The summed E-state index contributed by atoms with van der Waals surface area (Å²) in [7, 11) is 3.92. The van der Waals surface area contributed by atoms with Crippen LogP contribution in [0.25, 0.3) is 22.0 Å². The van der Waals surface area contributed by atoms with Gasteiger partial charge in [-0.1, -0.05) is 36.4 Å². The molecule has 5 rings (SSSR count). The maximum atomic E-state index is 12.3. The molecule has 0 aliphatic carbocycles. The van der Waals surface area contributed by atoms with Crippen molar-refractivity contribution >= 4 is 40.0 Å². The minimum Gasteiger partial charge on any atom is -0.366 e. The van der Waals surface area contributed by atoms with E-state index in [1.165, 1.54) is 0 Å². The number of pyridine rings is 1. The van der Waals surface area contributed by atoms with Gasteiger partial charge in [0.15, 0.2) is 0 Å². The molecule has 1 fully saturated rings. The largest absolute Gasteiger partial charge is 0.366 e. The molecule has 4 aromatic rings. The second-order valence-corrected chi connectivity index (χ2v) is 9.56. The smallest absolute Gasteiger partial charge is 0.248 e. The van der Waals surface area contributed by atoms with Crippen LogP contribution in [-0.4, -0.2) is 65.5 Å². The van der Waals surface area contributed by atoms with Gasteiger partial charge in [0.25, 0.3) is 0 Å². The minimum atomic E-state index is -0.162. The lowest BCUT2D eigenvalue weighted by Gasteiger charge is -2.13. The molecule has 1 unspecified atom stereocenters. The fourth-order valence-corrected chi connectivity index (χ4v) is 4.34. The summed E-state index contributed by atoms with van der Waals surface area (Å²) in [6.07, 6.45) is 8.08. The van der Waals surface area contributed by atoms with Gasteiger partial charge < -0.3 is 26.2 Å². The number of aromatic nitrogens is 3. The molecule has 9 heteroatoms. The van der Waals surface area contributed by atoms with Crippen LogP contribution in [0, 0.1) is 0 Å². The molecule has 1 atom stereocenters. The molecule has 0 bridgehead atoms. The van der Waals surface area contributed by atoms with E-state index in [0.29, 0.717) is 18.5 Å². The molecule has 1 aliphatic heterocycles. The predicted octanol–water partition coefficient (Wildman–Crippen LogP) is 4.27. The van der Waals surface area contributed by atoms with Gasteiger partial charge >= 0.3 is 0 Å². The Hall–Kier alpha value is -4.34. The van der Waals surface area contributed by atoms with E-state index in [-0.39, 0.29) is 5.91 Å². The number of para-hydroxylation sites is 1. The van der Waals surface area contributed by atoms with Crippen molar-refractivity contribution in [2.24, 2.45) is 0 Å². The average molecular weight is 509 g/mol. The van der Waals surface area contributed by atoms with Crippen molar-refractivity contribution in [3.63, 3.8) is 0 Å². The fourth-order valence-electron chi connectivity index (χ4n) is 4.34. The van der Waals surface area contributed by atoms with E-state index in [0.717, 1.165) is 58.7 Å². The second kappa shape index (κ2) is 11.8. The predicted molar refractivity (Wildman–Crippen MR) is 154 cm³/mol. The second-order valence-electron chi connectivity index (χ2n) is 9.56. The number of nitrogens with one attached hydrogen (secondary N) is 4. The van der Waals surface area contributed by atoms with E-state index < -0.39 is 0 Å². The first kappa shape index (κ1) is 25.3. The van der Waals surface area contributed by atoms with Gasteiger partial charge in [0, 0.05) is 48.0 Å². The van der Waals surface area contributed by atoms with Crippen LogP contribution in [0.1, 0.15) is 6.42 Å². The van der Waals surface area contributed by atoms with Crippen LogP contribution in [-0.2, 0) is 4.79 Å². The van der Waals surface area contributed by atoms with Crippen LogP contribution in [0.4, 0.5) is 23.1 Å². The number of amides is 1. The quantitative estimate of drug-likeness (QED) is 0.249. The van der Waals surface area contributed by atoms with Crippen LogP contribution in [0.5, 0.6) is 0 Å². The normalized spacial score (nSPS) is 15.3. The van der Waals surface area contributed by atoms with Gasteiger partial charge in [-0.3, -0.25) is 4.79 Å². The zero-order chi connectivity index (χ0) is 26.3. The standard InChI is InChI=1S/C29H32N8O/c1-37(2)15-5-10-27(38)34-22-8-3-6-20(16-22)25-9-4-7-21-17-32-29(36-28(21)25)35-23-11-12-26(31-19-23)33-24-13-14-30-18-24/h3-12,16-17,19,24,30H,13-15,18H2,1-2H3,(H,31,33)(H,34,38)(H,32,35,36). The fraction of sp³-hybridized carbons (Fsp3) is 0.241. The highest BCUT2D eigenvalue weighted by Crippen LogP contribution is 2.30. The third kappa shape index (κ3) is 6.50. The van der Waals surface area contributed by atoms with Crippen molar-refractivity contribution in [3.05, 3.63) is 79.1 Å². The van der Waals surface area contributed by atoms with Crippen molar-refractivity contribution in [1.29, 1.82) is 0 Å². The number of carbonyl (C=O) groups excluding carboxylic acids is 1. The first-order valence-electron chi connectivity index (χ1n) is 12.7. The van der Waals surface area contributed by atoms with Crippen LogP contribution < -0.4 is 21.3 Å². The Morgan fingerprint density at radius 2 is 1.97 bits per heavy atom. The molecule has 2 aromatic carbocycles. The number of rotatable bonds is 9. The molecule has 9 nitrogen and oxygen atoms in total. The molecular weight excluding hydrogens is 476 g/mol. The highest BCUT2D eigenvalue weighted by atomic mass is 16.1. The van der Waals surface area contributed by atoms with Crippen LogP contribution in [0.2, 0.25) is 0 Å². The molecule has 1 amide bonds. The number of hydrogen-bond donors (Lipinski definition) is 4. The molecule has 0 saturated carbocycles. The van der Waals surface area contributed by atoms with Gasteiger partial charge in [0.2, 0.25) is 11.9 Å². The Morgan fingerprint density at radius 1 is 1.08 bits per heavy atom. The maximum Gasteiger partial charge on any atom is 0.248 e. The molecule has 1 aliphatic rings. The van der Waals surface area contributed by atoms with Gasteiger partial charge in [0.05, 0.1) is 17.4 Å². The molecule has 0 spiro atoms. The summed E-state index contributed by atoms with van der Waals surface area (Å²) in [6.45, 7) is 2.69. The summed E-state index contributed by atoms with van der Waals surface area (Å²) in [5, 5.41) is 13.9. The van der Waals surface area contributed by atoms with Gasteiger partial charge in [-0.05, 0) is 56.9 Å². The van der Waals surface area contributed by atoms with E-state index in [4.69, 9.17) is 4.98 Å². The Bertz CT molecular complexity index is 1430. The van der Waals surface area contributed by atoms with Crippen LogP contribution >= 0.6 is 0 Å². The van der Waals surface area contributed by atoms with Crippen LogP contribution in [0.3, 0.4) is 0 Å². The van der Waals surface area contributed by atoms with Crippen molar-refractivity contribution in [2.75, 3.05) is 49.7 Å². The Balaban J connectivity index is 1.33. The molecule has 4 N–H and O–H groups in total. The maximum absolute atomic E-state index is 12.3. The summed E-state index contributed by atoms with van der Waals surface area (Å²) in [4.78, 5) is 28.2. The van der Waals surface area contributed by atoms with E-state index in [2.05, 4.69) is 31.2 Å². The minimum absolute atomic E-state index is 0.162. The summed E-state index contributed by atoms with van der Waals surface area (Å²) in [5.41, 5.74) is 4.26. The number of benzene rings is 2. The first-order chi connectivity index (χ1) is 18.5. The van der Waals surface area contributed by atoms with Crippen molar-refractivity contribution in [1.82, 2.24) is 25.2 Å². The molecule has 3 heterocycles. The summed E-state index contributed by atoms with van der Waals surface area (Å²) < 4.78 is 0. The lowest BCUT2D eigenvalue weighted by molar-refractivity contribution is -0.111. The first-order valence-corrected chi connectivity index (χ1v) is 12.7. The molecule has 0 radical (unpaired) electrons. The molecular formula is C29H32N8O. The number of anilines is 4. The van der Waals surface area contributed by atoms with Gasteiger partial charge in [-0.2, -0.15) is 0 Å². The van der Waals surface area contributed by atoms with Crippen LogP contribution in [0.15, 0.2) is 79.1 Å². The van der Waals surface area contributed by atoms with E-state index >= 15 is 0 Å². The Morgan fingerprint density at radius 3 is 2.76 bits per heavy atom. The zero-order valence-corrected chi connectivity index (χ0v) is 21.6. The van der Waals surface area contributed by atoms with Gasteiger partial charge in [-0.15, -0.1) is 0 Å². The number of likely N-dealkylation sites (N-methyl/N-ethyl adjacent to an activating group) is 1. The third-order valence-corrected chi connectivity index (χ3v) is 6.22. The Kier molecular flexibility index (Phi) is 7.86. The van der Waals surface area contributed by atoms with E-state index in [1.54, 1.807) is 12.3 Å². The van der Waals surface area contributed by atoms with Gasteiger partial charge in [0.1, 0.15) is 5.82 Å². The average Bonchev–Trinajstić information content (AvgIpc) is 3.42. The zero-order valence-electron chi connectivity index (χ0n) is 21.6. The number of nitrogens with zero attached hydrogens (tertiary/aromatic N) is 4. The SMILES string of the molecule is CN(C)CC=CC(=O)Nc1cccc(-c2cccc3cnc(Nc4ccc(NC5CCNC5)nc4)nc23)c1. The molecule has 1 saturated heterocycles. The van der Waals surface area contributed by atoms with E-state index in [9.17, 15) is 4.79 Å². The third-order valence-electron chi connectivity index (χ3n) is 6.22. The number of hydrogen-bond acceptors (Lipinski definition) is 8. The van der Waals surface area contributed by atoms with Gasteiger partial charge in [-0.25, -0.2) is 15.0 Å². The monoisotopic (exact) mass is 508 g/mol. The Labute approximate surface area is 222 Å². The molecule has 2 aromatic heterocycles. The van der Waals surface area contributed by atoms with E-state index in [1.807, 2.05) is 85.9 Å². The van der Waals surface area contributed by atoms with Crippen molar-refractivity contribution in [3.8, 4) is 11.1 Å². The topological polar surface area (TPSA) is 107 Å². The highest BCUT2D eigenvalue weighted by molar-refractivity contribution is 6.00. The van der Waals surface area contributed by atoms with Crippen molar-refractivity contribution < 1.29 is 4.79 Å². The molecule has 194 valence electrons. The van der Waals surface area contributed by atoms with Crippen molar-refractivity contribution in [2.45, 2.75) is 12.5 Å². The number of carbonyl (C=O) groups is 1. The molecule has 38 heavy (non-hydrogen) atoms.